The molecule has 0 unspecified atom stereocenters. The van der Waals surface area contributed by atoms with Gasteiger partial charge in [-0.25, -0.2) is 4.79 Å². The van der Waals surface area contributed by atoms with Crippen LogP contribution in [-0.4, -0.2) is 35.4 Å². The van der Waals surface area contributed by atoms with Gasteiger partial charge in [-0.05, 0) is 25.4 Å². The molecule has 0 saturated carbocycles. The van der Waals surface area contributed by atoms with Gasteiger partial charge in [0.15, 0.2) is 0 Å². The van der Waals surface area contributed by atoms with Crippen molar-refractivity contribution in [3.05, 3.63) is 12.2 Å². The molecule has 22 heavy (non-hydrogen) atoms. The van der Waals surface area contributed by atoms with E-state index < -0.39 is 8.56 Å². The maximum atomic E-state index is 11.2. The fraction of sp³-hybridized carbons (Fsp3) is 0.824. The minimum absolute atomic E-state index is 0.281. The summed E-state index contributed by atoms with van der Waals surface area (Å²) < 4.78 is 16.4. The summed E-state index contributed by atoms with van der Waals surface area (Å²) in [7, 11) is 1.66. The van der Waals surface area contributed by atoms with Crippen LogP contribution < -0.4 is 0 Å². The van der Waals surface area contributed by atoms with Crippen molar-refractivity contribution >= 4 is 14.5 Å². The Morgan fingerprint density at radius 3 is 2.00 bits per heavy atom. The second kappa shape index (κ2) is 12.8. The van der Waals surface area contributed by atoms with E-state index in [1.54, 1.807) is 21.1 Å². The van der Waals surface area contributed by atoms with Gasteiger partial charge in [-0.1, -0.05) is 52.0 Å². The van der Waals surface area contributed by atoms with Gasteiger partial charge in [0, 0.05) is 19.8 Å². The fourth-order valence-corrected chi connectivity index (χ4v) is 5.27. The number of carbonyl (C=O) groups is 1. The van der Waals surface area contributed by atoms with Crippen LogP contribution in [-0.2, 0) is 18.4 Å². The Balaban J connectivity index is 3.57. The molecule has 0 saturated heterocycles. The summed E-state index contributed by atoms with van der Waals surface area (Å²) in [6.45, 7) is 7.92. The van der Waals surface area contributed by atoms with Crippen LogP contribution in [0.15, 0.2) is 12.2 Å². The van der Waals surface area contributed by atoms with Gasteiger partial charge in [0.1, 0.15) is 0 Å². The van der Waals surface area contributed by atoms with Gasteiger partial charge < -0.3 is 13.6 Å². The first-order valence-electron chi connectivity index (χ1n) is 8.44. The number of ether oxygens (including phenoxy) is 1. The molecule has 0 rings (SSSR count). The molecule has 0 bridgehead atoms. The predicted octanol–water partition coefficient (Wildman–Crippen LogP) is 4.59. The van der Waals surface area contributed by atoms with E-state index in [-0.39, 0.29) is 5.97 Å². The van der Waals surface area contributed by atoms with Crippen molar-refractivity contribution in [3.8, 4) is 0 Å². The summed E-state index contributed by atoms with van der Waals surface area (Å²) in [5.41, 5.74) is 0.469. The van der Waals surface area contributed by atoms with Crippen LogP contribution in [0, 0.1) is 0 Å². The van der Waals surface area contributed by atoms with Crippen molar-refractivity contribution in [2.75, 3.05) is 20.8 Å². The summed E-state index contributed by atoms with van der Waals surface area (Å²) >= 11 is 0. The molecule has 130 valence electrons. The first-order valence-corrected chi connectivity index (χ1v) is 10.7. The molecule has 0 aliphatic rings. The molecule has 0 radical (unpaired) electrons. The highest BCUT2D eigenvalue weighted by molar-refractivity contribution is 6.67. The summed E-state index contributed by atoms with van der Waals surface area (Å²) in [4.78, 5) is 11.2. The number of carbonyl (C=O) groups excluding carboxylic acids is 1. The Bertz CT molecular complexity index is 314. The van der Waals surface area contributed by atoms with Gasteiger partial charge in [0.25, 0.3) is 0 Å². The topological polar surface area (TPSA) is 44.8 Å². The number of unbranched alkanes of at least 4 members (excludes halogenated alkanes) is 5. The van der Waals surface area contributed by atoms with Crippen LogP contribution in [0.4, 0.5) is 0 Å². The molecule has 0 aromatic carbocycles. The van der Waals surface area contributed by atoms with Crippen molar-refractivity contribution in [1.82, 2.24) is 0 Å². The smallest absolute Gasteiger partial charge is 0.337 e. The van der Waals surface area contributed by atoms with E-state index in [0.29, 0.717) is 12.2 Å². The number of hydrogen-bond acceptors (Lipinski definition) is 4. The largest absolute Gasteiger partial charge is 0.462 e. The molecule has 5 heteroatoms. The van der Waals surface area contributed by atoms with E-state index in [0.717, 1.165) is 31.4 Å². The van der Waals surface area contributed by atoms with E-state index in [9.17, 15) is 4.79 Å². The molecular weight excluding hydrogens is 296 g/mol. The van der Waals surface area contributed by atoms with Gasteiger partial charge in [-0.2, -0.15) is 0 Å². The molecule has 0 aromatic heterocycles. The van der Waals surface area contributed by atoms with E-state index >= 15 is 0 Å². The normalized spacial score (nSPS) is 11.5. The van der Waals surface area contributed by atoms with Crippen LogP contribution in [0.2, 0.25) is 12.1 Å². The first kappa shape index (κ1) is 21.3. The fourth-order valence-electron chi connectivity index (χ4n) is 2.49. The average Bonchev–Trinajstić information content (AvgIpc) is 2.51. The SMILES string of the molecule is C=C(C)C(=O)OCCCCCCCC[Si](CCC)(OC)OC. The molecule has 0 amide bonds. The maximum Gasteiger partial charge on any atom is 0.337 e. The van der Waals surface area contributed by atoms with Gasteiger partial charge in [-0.3, -0.25) is 0 Å². The molecular formula is C17H34O4Si. The molecule has 0 aliphatic carbocycles. The highest BCUT2D eigenvalue weighted by atomic mass is 28.4. The number of hydrogen-bond donors (Lipinski definition) is 0. The van der Waals surface area contributed by atoms with Crippen LogP contribution in [0.5, 0.6) is 0 Å². The Morgan fingerprint density at radius 1 is 0.955 bits per heavy atom. The summed E-state index contributed by atoms with van der Waals surface area (Å²) in [5, 5.41) is 0. The zero-order chi connectivity index (χ0) is 16.8. The third-order valence-electron chi connectivity index (χ3n) is 3.91. The van der Waals surface area contributed by atoms with Crippen LogP contribution in [0.3, 0.4) is 0 Å². The molecule has 0 aliphatic heterocycles. The van der Waals surface area contributed by atoms with Crippen molar-refractivity contribution in [3.63, 3.8) is 0 Å². The molecule has 4 nitrogen and oxygen atoms in total. The van der Waals surface area contributed by atoms with Crippen LogP contribution >= 0.6 is 0 Å². The second-order valence-corrected chi connectivity index (χ2v) is 9.49. The van der Waals surface area contributed by atoms with Crippen molar-refractivity contribution in [2.24, 2.45) is 0 Å². The van der Waals surface area contributed by atoms with Crippen molar-refractivity contribution in [1.29, 1.82) is 0 Å². The summed E-state index contributed by atoms with van der Waals surface area (Å²) in [6, 6.07) is 2.16. The lowest BCUT2D eigenvalue weighted by Gasteiger charge is -2.27. The van der Waals surface area contributed by atoms with Crippen molar-refractivity contribution < 1.29 is 18.4 Å². The number of rotatable bonds is 14. The molecule has 0 spiro atoms. The highest BCUT2D eigenvalue weighted by Crippen LogP contribution is 2.23. The molecule has 0 N–H and O–H groups in total. The van der Waals surface area contributed by atoms with Gasteiger partial charge in [0.05, 0.1) is 6.61 Å². The Morgan fingerprint density at radius 2 is 1.50 bits per heavy atom. The maximum absolute atomic E-state index is 11.2. The Kier molecular flexibility index (Phi) is 12.5. The van der Waals surface area contributed by atoms with Crippen LogP contribution in [0.1, 0.15) is 58.8 Å². The van der Waals surface area contributed by atoms with Crippen LogP contribution in [0.25, 0.3) is 0 Å². The molecule has 0 aromatic rings. The Labute approximate surface area is 137 Å². The van der Waals surface area contributed by atoms with Gasteiger partial charge in [-0.15, -0.1) is 0 Å². The lowest BCUT2D eigenvalue weighted by Crippen LogP contribution is -2.39. The van der Waals surface area contributed by atoms with Gasteiger partial charge in [0.2, 0.25) is 0 Å². The molecule has 0 heterocycles. The first-order chi connectivity index (χ1) is 10.5. The second-order valence-electron chi connectivity index (χ2n) is 5.86. The minimum Gasteiger partial charge on any atom is -0.462 e. The Hall–Kier alpha value is -0.653. The third-order valence-corrected chi connectivity index (χ3v) is 7.77. The van der Waals surface area contributed by atoms with E-state index in [1.807, 2.05) is 0 Å². The predicted molar refractivity (Wildman–Crippen MR) is 93.2 cm³/mol. The standard InChI is InChI=1S/C17H34O4Si/c1-6-14-22(19-4,20-5)15-12-10-8-7-9-11-13-21-17(18)16(2)3/h2,6-15H2,1,3-5H3. The van der Waals surface area contributed by atoms with Gasteiger partial charge >= 0.3 is 14.5 Å². The summed E-state index contributed by atoms with van der Waals surface area (Å²) in [5.74, 6) is -0.281. The monoisotopic (exact) mass is 330 g/mol. The van der Waals surface area contributed by atoms with E-state index in [2.05, 4.69) is 13.5 Å². The number of esters is 1. The highest BCUT2D eigenvalue weighted by Gasteiger charge is 2.33. The molecule has 0 atom stereocenters. The molecule has 0 fully saturated rings. The quantitative estimate of drug-likeness (QED) is 0.202. The zero-order valence-electron chi connectivity index (χ0n) is 14.9. The minimum atomic E-state index is -1.91. The van der Waals surface area contributed by atoms with E-state index in [1.165, 1.54) is 25.7 Å². The van der Waals surface area contributed by atoms with Crippen molar-refractivity contribution in [2.45, 2.75) is 70.9 Å². The lowest BCUT2D eigenvalue weighted by molar-refractivity contribution is -0.139. The van der Waals surface area contributed by atoms with E-state index in [4.69, 9.17) is 13.6 Å². The lowest BCUT2D eigenvalue weighted by atomic mass is 10.1. The average molecular weight is 331 g/mol. The third kappa shape index (κ3) is 9.38. The summed E-state index contributed by atoms with van der Waals surface area (Å²) in [6.07, 6.45) is 7.97. The zero-order valence-corrected chi connectivity index (χ0v) is 15.9.